The number of anilines is 1. The molecule has 0 saturated heterocycles. The van der Waals surface area contributed by atoms with Gasteiger partial charge in [-0.05, 0) is 18.9 Å². The summed E-state index contributed by atoms with van der Waals surface area (Å²) in [4.78, 5) is 16.0. The van der Waals surface area contributed by atoms with Gasteiger partial charge in [0.05, 0.1) is 17.4 Å². The Morgan fingerprint density at radius 1 is 1.33 bits per heavy atom. The lowest BCUT2D eigenvalue weighted by atomic mass is 10.1. The Labute approximate surface area is 112 Å². The molecule has 0 unspecified atom stereocenters. The number of hydrogen-bond donors (Lipinski definition) is 2. The number of halogens is 1. The van der Waals surface area contributed by atoms with Gasteiger partial charge in [-0.3, -0.25) is 4.79 Å². The molecule has 1 amide bonds. The van der Waals surface area contributed by atoms with Crippen LogP contribution in [-0.4, -0.2) is 16.9 Å². The fraction of sp³-hybridized carbons (Fsp3) is 0.538. The predicted octanol–water partition coefficient (Wildman–Crippen LogP) is 2.77. The lowest BCUT2D eigenvalue weighted by Crippen LogP contribution is -2.34. The van der Waals surface area contributed by atoms with Gasteiger partial charge in [0.1, 0.15) is 5.15 Å². The summed E-state index contributed by atoms with van der Waals surface area (Å²) in [5.74, 6) is -0.149. The first-order valence-corrected chi connectivity index (χ1v) is 6.76. The maximum atomic E-state index is 12.1. The van der Waals surface area contributed by atoms with Crippen molar-refractivity contribution in [2.24, 2.45) is 0 Å². The van der Waals surface area contributed by atoms with E-state index < -0.39 is 0 Å². The number of amides is 1. The molecule has 5 heteroatoms. The van der Waals surface area contributed by atoms with E-state index in [4.69, 9.17) is 17.3 Å². The van der Waals surface area contributed by atoms with Crippen LogP contribution in [0.15, 0.2) is 12.3 Å². The molecule has 0 spiro atoms. The molecule has 2 rings (SSSR count). The van der Waals surface area contributed by atoms with Crippen LogP contribution >= 0.6 is 11.6 Å². The molecule has 1 aromatic rings. The van der Waals surface area contributed by atoms with Crippen molar-refractivity contribution in [2.75, 3.05) is 5.73 Å². The van der Waals surface area contributed by atoms with Gasteiger partial charge in [0.25, 0.3) is 5.91 Å². The van der Waals surface area contributed by atoms with E-state index in [1.165, 1.54) is 37.9 Å². The fourth-order valence-electron chi connectivity index (χ4n) is 2.32. The number of pyridine rings is 1. The Morgan fingerprint density at radius 3 is 2.67 bits per heavy atom. The van der Waals surface area contributed by atoms with E-state index in [1.54, 1.807) is 0 Å². The Morgan fingerprint density at radius 2 is 2.00 bits per heavy atom. The molecule has 1 saturated carbocycles. The number of nitrogens with two attached hydrogens (primary N) is 1. The summed E-state index contributed by atoms with van der Waals surface area (Å²) >= 11 is 5.78. The van der Waals surface area contributed by atoms with Crippen LogP contribution in [-0.2, 0) is 0 Å². The van der Waals surface area contributed by atoms with Gasteiger partial charge >= 0.3 is 0 Å². The Balaban J connectivity index is 2.04. The monoisotopic (exact) mass is 267 g/mol. The van der Waals surface area contributed by atoms with Gasteiger partial charge in [0.15, 0.2) is 0 Å². The van der Waals surface area contributed by atoms with Gasteiger partial charge in [0.2, 0.25) is 0 Å². The maximum Gasteiger partial charge on any atom is 0.253 e. The molecule has 0 atom stereocenters. The number of carbonyl (C=O) groups is 1. The third kappa shape index (κ3) is 3.35. The van der Waals surface area contributed by atoms with E-state index >= 15 is 0 Å². The molecule has 1 aliphatic carbocycles. The molecular formula is C13H18ClN3O. The van der Waals surface area contributed by atoms with Crippen molar-refractivity contribution >= 4 is 23.2 Å². The van der Waals surface area contributed by atoms with E-state index in [1.807, 2.05) is 0 Å². The minimum Gasteiger partial charge on any atom is -0.397 e. The highest BCUT2D eigenvalue weighted by Gasteiger charge is 2.17. The van der Waals surface area contributed by atoms with E-state index in [9.17, 15) is 4.79 Å². The number of aromatic nitrogens is 1. The van der Waals surface area contributed by atoms with Crippen molar-refractivity contribution in [3.63, 3.8) is 0 Å². The minimum absolute atomic E-state index is 0.149. The number of nitrogens with one attached hydrogen (secondary N) is 1. The third-order valence-electron chi connectivity index (χ3n) is 3.34. The van der Waals surface area contributed by atoms with Crippen LogP contribution in [0.4, 0.5) is 5.69 Å². The highest BCUT2D eigenvalue weighted by Crippen LogP contribution is 2.19. The summed E-state index contributed by atoms with van der Waals surface area (Å²) in [5.41, 5.74) is 6.53. The van der Waals surface area contributed by atoms with Crippen LogP contribution in [0.25, 0.3) is 0 Å². The van der Waals surface area contributed by atoms with Crippen LogP contribution < -0.4 is 11.1 Å². The number of nitrogens with zero attached hydrogens (tertiary/aromatic N) is 1. The second-order valence-electron chi connectivity index (χ2n) is 4.76. The van der Waals surface area contributed by atoms with Crippen LogP contribution in [0.2, 0.25) is 5.15 Å². The predicted molar refractivity (Wildman–Crippen MR) is 72.6 cm³/mol. The van der Waals surface area contributed by atoms with Crippen molar-refractivity contribution in [1.82, 2.24) is 10.3 Å². The minimum atomic E-state index is -0.149. The first-order valence-electron chi connectivity index (χ1n) is 6.38. The molecule has 4 nitrogen and oxygen atoms in total. The van der Waals surface area contributed by atoms with Gasteiger partial charge in [0, 0.05) is 6.04 Å². The number of carbonyl (C=O) groups excluding carboxylic acids is 1. The summed E-state index contributed by atoms with van der Waals surface area (Å²) in [7, 11) is 0. The smallest absolute Gasteiger partial charge is 0.253 e. The Kier molecular flexibility index (Phi) is 4.42. The van der Waals surface area contributed by atoms with Gasteiger partial charge in [-0.15, -0.1) is 0 Å². The average Bonchev–Trinajstić information content (AvgIpc) is 2.61. The van der Waals surface area contributed by atoms with Crippen LogP contribution in [0.1, 0.15) is 48.9 Å². The van der Waals surface area contributed by atoms with Crippen LogP contribution in [0.5, 0.6) is 0 Å². The normalized spacial score (nSPS) is 17.2. The molecule has 1 aromatic heterocycles. The van der Waals surface area contributed by atoms with Gasteiger partial charge < -0.3 is 11.1 Å². The lowest BCUT2D eigenvalue weighted by Gasteiger charge is -2.16. The molecular weight excluding hydrogens is 250 g/mol. The molecule has 18 heavy (non-hydrogen) atoms. The van der Waals surface area contributed by atoms with Crippen molar-refractivity contribution in [1.29, 1.82) is 0 Å². The standard InChI is InChI=1S/C13H18ClN3O/c14-12-7-10(11(15)8-16-12)13(18)17-9-5-3-1-2-4-6-9/h7-9H,1-6,15H2,(H,17,18). The molecule has 3 N–H and O–H groups in total. The first kappa shape index (κ1) is 13.1. The number of nitrogen functional groups attached to an aromatic ring is 1. The third-order valence-corrected chi connectivity index (χ3v) is 3.54. The number of hydrogen-bond acceptors (Lipinski definition) is 3. The summed E-state index contributed by atoms with van der Waals surface area (Å²) < 4.78 is 0. The molecule has 1 fully saturated rings. The Hall–Kier alpha value is -1.29. The van der Waals surface area contributed by atoms with E-state index in [-0.39, 0.29) is 17.1 Å². The highest BCUT2D eigenvalue weighted by molar-refractivity contribution is 6.29. The summed E-state index contributed by atoms with van der Waals surface area (Å²) in [6.45, 7) is 0. The topological polar surface area (TPSA) is 68.0 Å². The highest BCUT2D eigenvalue weighted by atomic mass is 35.5. The van der Waals surface area contributed by atoms with Crippen molar-refractivity contribution in [2.45, 2.75) is 44.6 Å². The van der Waals surface area contributed by atoms with Crippen LogP contribution in [0.3, 0.4) is 0 Å². The quantitative estimate of drug-likeness (QED) is 0.639. The molecule has 98 valence electrons. The molecule has 0 bridgehead atoms. The molecule has 0 radical (unpaired) electrons. The maximum absolute atomic E-state index is 12.1. The van der Waals surface area contributed by atoms with Crippen molar-refractivity contribution in [3.8, 4) is 0 Å². The second-order valence-corrected chi connectivity index (χ2v) is 5.14. The average molecular weight is 268 g/mol. The molecule has 0 aromatic carbocycles. The summed E-state index contributed by atoms with van der Waals surface area (Å²) in [5, 5.41) is 3.33. The van der Waals surface area contributed by atoms with Gasteiger partial charge in [-0.25, -0.2) is 4.98 Å². The zero-order valence-electron chi connectivity index (χ0n) is 10.3. The molecule has 1 aliphatic rings. The van der Waals surface area contributed by atoms with Gasteiger partial charge in [-0.2, -0.15) is 0 Å². The van der Waals surface area contributed by atoms with Crippen molar-refractivity contribution in [3.05, 3.63) is 23.0 Å². The van der Waals surface area contributed by atoms with Crippen molar-refractivity contribution < 1.29 is 4.79 Å². The zero-order valence-corrected chi connectivity index (χ0v) is 11.0. The first-order chi connectivity index (χ1) is 8.66. The molecule has 1 heterocycles. The van der Waals surface area contributed by atoms with E-state index in [2.05, 4.69) is 10.3 Å². The molecule has 0 aliphatic heterocycles. The van der Waals surface area contributed by atoms with E-state index in [0.29, 0.717) is 11.3 Å². The zero-order chi connectivity index (χ0) is 13.0. The number of rotatable bonds is 2. The van der Waals surface area contributed by atoms with Crippen LogP contribution in [0, 0.1) is 0 Å². The largest absolute Gasteiger partial charge is 0.397 e. The SMILES string of the molecule is Nc1cnc(Cl)cc1C(=O)NC1CCCCCC1. The summed E-state index contributed by atoms with van der Waals surface area (Å²) in [6.07, 6.45) is 8.39. The fourth-order valence-corrected chi connectivity index (χ4v) is 2.48. The lowest BCUT2D eigenvalue weighted by molar-refractivity contribution is 0.0934. The van der Waals surface area contributed by atoms with Gasteiger partial charge in [-0.1, -0.05) is 37.3 Å². The second kappa shape index (κ2) is 6.05. The summed E-state index contributed by atoms with van der Waals surface area (Å²) in [6, 6.07) is 1.77. The van der Waals surface area contributed by atoms with E-state index in [0.717, 1.165) is 12.8 Å². The Bertz CT molecular complexity index is 428.